The number of thiophene rings is 2. The third-order valence-corrected chi connectivity index (χ3v) is 9.46. The van der Waals surface area contributed by atoms with E-state index in [-0.39, 0.29) is 24.7 Å². The van der Waals surface area contributed by atoms with Crippen LogP contribution in [0.4, 0.5) is 10.0 Å². The van der Waals surface area contributed by atoms with E-state index in [4.69, 9.17) is 9.47 Å². The Hall–Kier alpha value is -2.72. The summed E-state index contributed by atoms with van der Waals surface area (Å²) in [5, 5.41) is 6.81. The number of amides is 2. The van der Waals surface area contributed by atoms with Crippen LogP contribution in [0, 0.1) is 11.8 Å². The van der Waals surface area contributed by atoms with E-state index in [1.54, 1.807) is 0 Å². The van der Waals surface area contributed by atoms with E-state index in [0.29, 0.717) is 39.4 Å². The van der Waals surface area contributed by atoms with Crippen molar-refractivity contribution in [3.05, 3.63) is 32.0 Å². The van der Waals surface area contributed by atoms with Crippen LogP contribution in [0.15, 0.2) is 0 Å². The van der Waals surface area contributed by atoms with Crippen molar-refractivity contribution in [2.75, 3.05) is 24.9 Å². The van der Waals surface area contributed by atoms with Gasteiger partial charge in [0.2, 0.25) is 11.8 Å². The van der Waals surface area contributed by atoms with E-state index in [0.717, 1.165) is 59.4 Å². The Morgan fingerprint density at radius 1 is 0.757 bits per heavy atom. The Balaban J connectivity index is 1.36. The van der Waals surface area contributed by atoms with Crippen LogP contribution in [0.25, 0.3) is 0 Å². The Bertz CT molecular complexity index is 1120. The van der Waals surface area contributed by atoms with Crippen LogP contribution in [0.5, 0.6) is 0 Å². The molecule has 2 atom stereocenters. The zero-order chi connectivity index (χ0) is 26.7. The average Bonchev–Trinajstić information content (AvgIpc) is 3.39. The summed E-state index contributed by atoms with van der Waals surface area (Å²) in [4.78, 5) is 52.5. The molecule has 200 valence electrons. The largest absolute Gasteiger partial charge is 0.465 e. The third-order valence-electron chi connectivity index (χ3n) is 7.12. The molecule has 0 saturated carbocycles. The van der Waals surface area contributed by atoms with Crippen molar-refractivity contribution in [1.82, 2.24) is 0 Å². The fourth-order valence-corrected chi connectivity index (χ4v) is 7.93. The lowest BCUT2D eigenvalue weighted by Crippen LogP contribution is -2.17. The molecular formula is C27H34N2O6S2. The highest BCUT2D eigenvalue weighted by Crippen LogP contribution is 2.41. The molecule has 0 spiro atoms. The summed E-state index contributed by atoms with van der Waals surface area (Å²) < 4.78 is 9.96. The maximum atomic E-state index is 12.7. The molecule has 4 rings (SSSR count). The molecule has 2 aliphatic rings. The summed E-state index contributed by atoms with van der Waals surface area (Å²) in [7, 11) is 2.69. The predicted molar refractivity (Wildman–Crippen MR) is 145 cm³/mol. The molecule has 0 bridgehead atoms. The lowest BCUT2D eigenvalue weighted by Gasteiger charge is -2.18. The highest BCUT2D eigenvalue weighted by molar-refractivity contribution is 7.17. The van der Waals surface area contributed by atoms with E-state index in [1.807, 2.05) is 0 Å². The number of esters is 2. The van der Waals surface area contributed by atoms with Gasteiger partial charge >= 0.3 is 11.9 Å². The van der Waals surface area contributed by atoms with Crippen molar-refractivity contribution in [2.45, 2.75) is 71.6 Å². The minimum atomic E-state index is -0.434. The van der Waals surface area contributed by atoms with E-state index in [9.17, 15) is 19.2 Å². The first-order chi connectivity index (χ1) is 17.7. The maximum Gasteiger partial charge on any atom is 0.341 e. The quantitative estimate of drug-likeness (QED) is 0.430. The SMILES string of the molecule is COC(=O)c1c(NC(=O)CCCC(=O)Nc2sc3c(c2C(=O)OC)CCC(C)C3)sc2c1CCC(C)C2. The van der Waals surface area contributed by atoms with Crippen LogP contribution in [0.2, 0.25) is 0 Å². The zero-order valence-corrected chi connectivity index (χ0v) is 23.4. The molecule has 37 heavy (non-hydrogen) atoms. The van der Waals surface area contributed by atoms with Crippen LogP contribution in [0.3, 0.4) is 0 Å². The van der Waals surface area contributed by atoms with Crippen molar-refractivity contribution in [2.24, 2.45) is 11.8 Å². The number of fused-ring (bicyclic) bond motifs is 2. The molecule has 8 nitrogen and oxygen atoms in total. The Labute approximate surface area is 225 Å². The summed E-state index contributed by atoms with van der Waals surface area (Å²) >= 11 is 2.89. The van der Waals surface area contributed by atoms with Gasteiger partial charge in [-0.25, -0.2) is 9.59 Å². The second kappa shape index (κ2) is 11.8. The van der Waals surface area contributed by atoms with Gasteiger partial charge in [0.25, 0.3) is 0 Å². The highest BCUT2D eigenvalue weighted by Gasteiger charge is 2.30. The van der Waals surface area contributed by atoms with Crippen molar-refractivity contribution in [3.8, 4) is 0 Å². The predicted octanol–water partition coefficient (Wildman–Crippen LogP) is 5.38. The standard InChI is InChI=1S/C27H34N2O6S2/c1-14-8-10-16-18(12-14)36-24(22(16)26(32)34-3)28-20(30)6-5-7-21(31)29-25-23(27(33)35-4)17-11-9-15(2)13-19(17)37-25/h14-15H,5-13H2,1-4H3,(H,28,30)(H,29,31). The van der Waals surface area contributed by atoms with Gasteiger partial charge in [-0.2, -0.15) is 0 Å². The van der Waals surface area contributed by atoms with Gasteiger partial charge in [0, 0.05) is 22.6 Å². The summed E-state index contributed by atoms with van der Waals surface area (Å²) in [5.74, 6) is -0.292. The first-order valence-corrected chi connectivity index (χ1v) is 14.4. The lowest BCUT2D eigenvalue weighted by molar-refractivity contribution is -0.117. The minimum absolute atomic E-state index is 0.134. The topological polar surface area (TPSA) is 111 Å². The monoisotopic (exact) mass is 546 g/mol. The molecule has 10 heteroatoms. The first-order valence-electron chi connectivity index (χ1n) is 12.8. The van der Waals surface area contributed by atoms with Crippen molar-refractivity contribution in [1.29, 1.82) is 0 Å². The number of ether oxygens (including phenoxy) is 2. The van der Waals surface area contributed by atoms with Gasteiger partial charge in [-0.1, -0.05) is 13.8 Å². The molecule has 0 fully saturated rings. The van der Waals surface area contributed by atoms with Gasteiger partial charge in [0.15, 0.2) is 0 Å². The maximum absolute atomic E-state index is 12.7. The van der Waals surface area contributed by atoms with E-state index < -0.39 is 11.9 Å². The normalized spacial score (nSPS) is 18.4. The number of carbonyl (C=O) groups excluding carboxylic acids is 4. The highest BCUT2D eigenvalue weighted by atomic mass is 32.1. The van der Waals surface area contributed by atoms with Crippen LogP contribution in [-0.2, 0) is 44.7 Å². The lowest BCUT2D eigenvalue weighted by atomic mass is 9.88. The number of nitrogens with one attached hydrogen (secondary N) is 2. The molecule has 0 radical (unpaired) electrons. The summed E-state index contributed by atoms with van der Waals surface area (Å²) in [6.45, 7) is 4.37. The summed E-state index contributed by atoms with van der Waals surface area (Å²) in [6, 6.07) is 0. The molecular weight excluding hydrogens is 512 g/mol. The Morgan fingerprint density at radius 3 is 1.54 bits per heavy atom. The smallest absolute Gasteiger partial charge is 0.341 e. The van der Waals surface area contributed by atoms with Crippen molar-refractivity contribution < 1.29 is 28.7 Å². The van der Waals surface area contributed by atoms with Crippen LogP contribution in [-0.4, -0.2) is 38.0 Å². The number of hydrogen-bond donors (Lipinski definition) is 2. The van der Waals surface area contributed by atoms with Gasteiger partial charge in [-0.15, -0.1) is 22.7 Å². The van der Waals surface area contributed by atoms with Gasteiger partial charge in [0.05, 0.1) is 25.3 Å². The molecule has 2 heterocycles. The van der Waals surface area contributed by atoms with Crippen LogP contribution in [0.1, 0.15) is 87.5 Å². The van der Waals surface area contributed by atoms with Crippen LogP contribution < -0.4 is 10.6 Å². The minimum Gasteiger partial charge on any atom is -0.465 e. The second-order valence-corrected chi connectivity index (χ2v) is 12.3. The third kappa shape index (κ3) is 6.06. The number of anilines is 2. The number of hydrogen-bond acceptors (Lipinski definition) is 8. The molecule has 2 aromatic rings. The van der Waals surface area contributed by atoms with Gasteiger partial charge < -0.3 is 20.1 Å². The van der Waals surface area contributed by atoms with Crippen molar-refractivity contribution in [3.63, 3.8) is 0 Å². The summed E-state index contributed by atoms with van der Waals surface area (Å²) in [6.07, 6.45) is 5.98. The van der Waals surface area contributed by atoms with E-state index >= 15 is 0 Å². The first kappa shape index (κ1) is 27.3. The van der Waals surface area contributed by atoms with Gasteiger partial charge in [-0.3, -0.25) is 9.59 Å². The number of methoxy groups -OCH3 is 2. The van der Waals surface area contributed by atoms with E-state index in [1.165, 1.54) is 36.9 Å². The van der Waals surface area contributed by atoms with E-state index in [2.05, 4.69) is 24.5 Å². The molecule has 0 aliphatic heterocycles. The second-order valence-electron chi connectivity index (χ2n) is 10.0. The number of rotatable bonds is 8. The molecule has 2 amide bonds. The average molecular weight is 547 g/mol. The fourth-order valence-electron chi connectivity index (χ4n) is 5.10. The number of carbonyl (C=O) groups is 4. The van der Waals surface area contributed by atoms with Gasteiger partial charge in [0.1, 0.15) is 10.0 Å². The Kier molecular flexibility index (Phi) is 8.69. The van der Waals surface area contributed by atoms with Crippen LogP contribution >= 0.6 is 22.7 Å². The molecule has 2 unspecified atom stereocenters. The zero-order valence-electron chi connectivity index (χ0n) is 21.8. The molecule has 2 aliphatic carbocycles. The summed E-state index contributed by atoms with van der Waals surface area (Å²) in [5.41, 5.74) is 2.90. The molecule has 0 saturated heterocycles. The fraction of sp³-hybridized carbons (Fsp3) is 0.556. The molecule has 2 N–H and O–H groups in total. The molecule has 2 aromatic heterocycles. The van der Waals surface area contributed by atoms with Gasteiger partial charge in [-0.05, 0) is 67.9 Å². The Morgan fingerprint density at radius 2 is 1.16 bits per heavy atom. The molecule has 0 aromatic carbocycles. The van der Waals surface area contributed by atoms with Crippen molar-refractivity contribution >= 4 is 56.4 Å².